The molecule has 0 aromatic rings. The van der Waals surface area contributed by atoms with E-state index in [1.54, 1.807) is 11.1 Å². The Balaban J connectivity index is 2.23. The normalized spacial score (nSPS) is 37.6. The first-order valence-electron chi connectivity index (χ1n) is 4.95. The first kappa shape index (κ1) is 7.39. The molecule has 0 amide bonds. The molecule has 0 N–H and O–H groups in total. The van der Waals surface area contributed by atoms with Gasteiger partial charge in [0, 0.05) is 0 Å². The van der Waals surface area contributed by atoms with Gasteiger partial charge in [-0.1, -0.05) is 17.6 Å². The van der Waals surface area contributed by atoms with Gasteiger partial charge in [0.1, 0.15) is 0 Å². The molecule has 0 aromatic carbocycles. The number of allylic oxidation sites excluding steroid dienone is 2. The largest absolute Gasteiger partial charge is 0.0741 e. The average Bonchev–Trinajstić information content (AvgIpc) is 2.45. The molecule has 0 bridgehead atoms. The molecular weight excluding hydrogens is 132 g/mol. The third kappa shape index (κ3) is 1.13. The van der Waals surface area contributed by atoms with Crippen LogP contribution >= 0.6 is 0 Å². The van der Waals surface area contributed by atoms with Crippen LogP contribution in [0.25, 0.3) is 0 Å². The van der Waals surface area contributed by atoms with Crippen molar-refractivity contribution in [2.75, 3.05) is 0 Å². The van der Waals surface area contributed by atoms with Crippen molar-refractivity contribution in [2.24, 2.45) is 11.8 Å². The van der Waals surface area contributed by atoms with Crippen LogP contribution < -0.4 is 0 Å². The molecular formula is C11H18. The van der Waals surface area contributed by atoms with Crippen LogP contribution in [0.2, 0.25) is 0 Å². The minimum absolute atomic E-state index is 0.990. The molecule has 2 atom stereocenters. The molecule has 0 heteroatoms. The average molecular weight is 150 g/mol. The molecule has 2 rings (SSSR count). The summed E-state index contributed by atoms with van der Waals surface area (Å²) in [5.41, 5.74) is 3.42. The molecule has 11 heavy (non-hydrogen) atoms. The van der Waals surface area contributed by atoms with E-state index in [0.717, 1.165) is 11.8 Å². The van der Waals surface area contributed by atoms with Gasteiger partial charge in [0.15, 0.2) is 0 Å². The first-order chi connectivity index (χ1) is 5.29. The van der Waals surface area contributed by atoms with E-state index in [4.69, 9.17) is 0 Å². The Labute approximate surface area is 69.7 Å². The van der Waals surface area contributed by atoms with Crippen molar-refractivity contribution in [1.29, 1.82) is 0 Å². The summed E-state index contributed by atoms with van der Waals surface area (Å²) < 4.78 is 0. The minimum Gasteiger partial charge on any atom is -0.0741 e. The van der Waals surface area contributed by atoms with Crippen molar-refractivity contribution >= 4 is 0 Å². The zero-order valence-electron chi connectivity index (χ0n) is 7.69. The number of fused-ring (bicyclic) bond motifs is 1. The van der Waals surface area contributed by atoms with Crippen LogP contribution in [0.3, 0.4) is 0 Å². The Morgan fingerprint density at radius 1 is 1.09 bits per heavy atom. The van der Waals surface area contributed by atoms with E-state index in [9.17, 15) is 0 Å². The van der Waals surface area contributed by atoms with Gasteiger partial charge in [-0.3, -0.25) is 0 Å². The van der Waals surface area contributed by atoms with Crippen molar-refractivity contribution in [1.82, 2.24) is 0 Å². The maximum atomic E-state index is 2.36. The van der Waals surface area contributed by atoms with Gasteiger partial charge in [-0.2, -0.15) is 0 Å². The van der Waals surface area contributed by atoms with Crippen LogP contribution in [0.1, 0.15) is 46.0 Å². The molecule has 2 unspecified atom stereocenters. The van der Waals surface area contributed by atoms with Crippen LogP contribution in [0.4, 0.5) is 0 Å². The summed E-state index contributed by atoms with van der Waals surface area (Å²) in [5.74, 6) is 2.06. The highest BCUT2D eigenvalue weighted by Crippen LogP contribution is 2.44. The third-order valence-electron chi connectivity index (χ3n) is 3.78. The van der Waals surface area contributed by atoms with Crippen LogP contribution in [0.15, 0.2) is 11.1 Å². The van der Waals surface area contributed by atoms with Crippen LogP contribution in [0, 0.1) is 11.8 Å². The molecule has 0 radical (unpaired) electrons. The van der Waals surface area contributed by atoms with Gasteiger partial charge >= 0.3 is 0 Å². The van der Waals surface area contributed by atoms with Gasteiger partial charge in [-0.15, -0.1) is 0 Å². The highest BCUT2D eigenvalue weighted by molar-refractivity contribution is 5.18. The topological polar surface area (TPSA) is 0 Å². The Hall–Kier alpha value is -0.260. The van der Waals surface area contributed by atoms with Gasteiger partial charge in [-0.05, 0) is 51.4 Å². The molecule has 0 saturated heterocycles. The summed E-state index contributed by atoms with van der Waals surface area (Å²) in [6, 6.07) is 0. The maximum absolute atomic E-state index is 2.36. The second kappa shape index (κ2) is 2.66. The van der Waals surface area contributed by atoms with E-state index in [2.05, 4.69) is 13.8 Å². The van der Waals surface area contributed by atoms with Crippen molar-refractivity contribution in [3.8, 4) is 0 Å². The molecule has 62 valence electrons. The molecule has 2 aliphatic carbocycles. The van der Waals surface area contributed by atoms with Crippen LogP contribution in [-0.2, 0) is 0 Å². The second-order valence-electron chi connectivity index (χ2n) is 4.30. The zero-order valence-corrected chi connectivity index (χ0v) is 7.69. The molecule has 0 spiro atoms. The lowest BCUT2D eigenvalue weighted by Gasteiger charge is -2.27. The summed E-state index contributed by atoms with van der Waals surface area (Å²) in [6.45, 7) is 4.68. The van der Waals surface area contributed by atoms with E-state index in [1.807, 2.05) is 0 Å². The van der Waals surface area contributed by atoms with E-state index >= 15 is 0 Å². The lowest BCUT2D eigenvalue weighted by molar-refractivity contribution is 0.382. The molecule has 2 aliphatic rings. The fraction of sp³-hybridized carbons (Fsp3) is 0.818. The monoisotopic (exact) mass is 150 g/mol. The Morgan fingerprint density at radius 2 is 1.91 bits per heavy atom. The predicted octanol–water partition coefficient (Wildman–Crippen LogP) is 3.53. The van der Waals surface area contributed by atoms with Gasteiger partial charge in [0.25, 0.3) is 0 Å². The summed E-state index contributed by atoms with van der Waals surface area (Å²) in [7, 11) is 0. The lowest BCUT2D eigenvalue weighted by Crippen LogP contribution is -2.15. The van der Waals surface area contributed by atoms with Gasteiger partial charge in [0.05, 0.1) is 0 Å². The van der Waals surface area contributed by atoms with E-state index in [0.29, 0.717) is 0 Å². The van der Waals surface area contributed by atoms with Crippen LogP contribution in [0.5, 0.6) is 0 Å². The highest BCUT2D eigenvalue weighted by Gasteiger charge is 2.31. The Bertz CT molecular complexity index is 188. The van der Waals surface area contributed by atoms with Crippen molar-refractivity contribution < 1.29 is 0 Å². The SMILES string of the molecule is CC1=C(C)C2CCCC2CC1. The standard InChI is InChI=1S/C11H18/c1-8-6-7-10-4-3-5-11(10)9(8)2/h10-11H,3-7H2,1-2H3. The molecule has 0 nitrogen and oxygen atoms in total. The fourth-order valence-electron chi connectivity index (χ4n) is 2.87. The minimum atomic E-state index is 0.990. The fourth-order valence-corrected chi connectivity index (χ4v) is 2.87. The highest BCUT2D eigenvalue weighted by atomic mass is 14.4. The molecule has 0 aliphatic heterocycles. The van der Waals surface area contributed by atoms with E-state index in [1.165, 1.54) is 32.1 Å². The summed E-state index contributed by atoms with van der Waals surface area (Å²) in [4.78, 5) is 0. The first-order valence-corrected chi connectivity index (χ1v) is 4.95. The molecule has 1 fully saturated rings. The van der Waals surface area contributed by atoms with Crippen molar-refractivity contribution in [3.05, 3.63) is 11.1 Å². The molecule has 0 aromatic heterocycles. The Morgan fingerprint density at radius 3 is 2.73 bits per heavy atom. The van der Waals surface area contributed by atoms with Gasteiger partial charge < -0.3 is 0 Å². The quantitative estimate of drug-likeness (QED) is 0.463. The maximum Gasteiger partial charge on any atom is -0.0175 e. The Kier molecular flexibility index (Phi) is 1.78. The van der Waals surface area contributed by atoms with Gasteiger partial charge in [0.2, 0.25) is 0 Å². The summed E-state index contributed by atoms with van der Waals surface area (Å²) in [6.07, 6.45) is 7.34. The molecule has 1 saturated carbocycles. The van der Waals surface area contributed by atoms with E-state index in [-0.39, 0.29) is 0 Å². The number of rotatable bonds is 0. The second-order valence-corrected chi connectivity index (χ2v) is 4.30. The van der Waals surface area contributed by atoms with Crippen LogP contribution in [-0.4, -0.2) is 0 Å². The van der Waals surface area contributed by atoms with Gasteiger partial charge in [-0.25, -0.2) is 0 Å². The third-order valence-corrected chi connectivity index (χ3v) is 3.78. The predicted molar refractivity (Wildman–Crippen MR) is 48.4 cm³/mol. The van der Waals surface area contributed by atoms with E-state index < -0.39 is 0 Å². The zero-order chi connectivity index (χ0) is 7.84. The number of hydrogen-bond acceptors (Lipinski definition) is 0. The van der Waals surface area contributed by atoms with Crippen molar-refractivity contribution in [3.63, 3.8) is 0 Å². The summed E-state index contributed by atoms with van der Waals surface area (Å²) >= 11 is 0. The summed E-state index contributed by atoms with van der Waals surface area (Å²) in [5, 5.41) is 0. The smallest absolute Gasteiger partial charge is 0.0175 e. The lowest BCUT2D eigenvalue weighted by atomic mass is 9.78. The molecule has 0 heterocycles. The van der Waals surface area contributed by atoms with Crippen molar-refractivity contribution in [2.45, 2.75) is 46.0 Å². The number of hydrogen-bond donors (Lipinski definition) is 0.